The standard InChI is InChI=1S/C16H12BrNO/c17-13-6-4-12(5-7-13)16(19)14-3-1-2-11-8-9-18-10-15(11)14/h1-10,16,19H. The van der Waals surface area contributed by atoms with Crippen molar-refractivity contribution in [1.82, 2.24) is 4.98 Å². The Labute approximate surface area is 119 Å². The van der Waals surface area contributed by atoms with Crippen molar-refractivity contribution >= 4 is 26.7 Å². The molecule has 1 unspecified atom stereocenters. The van der Waals surface area contributed by atoms with Crippen LogP contribution in [0.4, 0.5) is 0 Å². The quantitative estimate of drug-likeness (QED) is 0.773. The number of rotatable bonds is 2. The molecule has 19 heavy (non-hydrogen) atoms. The molecule has 0 radical (unpaired) electrons. The third-order valence-electron chi connectivity index (χ3n) is 3.20. The number of nitrogens with zero attached hydrogens (tertiary/aromatic N) is 1. The molecule has 0 saturated heterocycles. The van der Waals surface area contributed by atoms with E-state index in [-0.39, 0.29) is 0 Å². The van der Waals surface area contributed by atoms with Crippen LogP contribution >= 0.6 is 15.9 Å². The van der Waals surface area contributed by atoms with Crippen LogP contribution in [0.25, 0.3) is 10.8 Å². The summed E-state index contributed by atoms with van der Waals surface area (Å²) in [4.78, 5) is 4.15. The van der Waals surface area contributed by atoms with Crippen LogP contribution in [0.5, 0.6) is 0 Å². The van der Waals surface area contributed by atoms with Crippen molar-refractivity contribution in [3.8, 4) is 0 Å². The second-order valence-electron chi connectivity index (χ2n) is 4.40. The van der Waals surface area contributed by atoms with Gasteiger partial charge in [0.1, 0.15) is 6.10 Å². The molecule has 0 fully saturated rings. The Hall–Kier alpha value is -1.71. The van der Waals surface area contributed by atoms with Gasteiger partial charge in [-0.3, -0.25) is 4.98 Å². The van der Waals surface area contributed by atoms with Crippen LogP contribution in [0.15, 0.2) is 65.4 Å². The van der Waals surface area contributed by atoms with E-state index in [4.69, 9.17) is 0 Å². The molecule has 2 nitrogen and oxygen atoms in total. The van der Waals surface area contributed by atoms with Crippen LogP contribution in [0.3, 0.4) is 0 Å². The maximum Gasteiger partial charge on any atom is 0.105 e. The minimum Gasteiger partial charge on any atom is -0.384 e. The molecule has 94 valence electrons. The molecule has 3 heteroatoms. The highest BCUT2D eigenvalue weighted by molar-refractivity contribution is 9.10. The number of pyridine rings is 1. The zero-order valence-electron chi connectivity index (χ0n) is 10.1. The monoisotopic (exact) mass is 313 g/mol. The van der Waals surface area contributed by atoms with Gasteiger partial charge in [0, 0.05) is 22.3 Å². The zero-order valence-corrected chi connectivity index (χ0v) is 11.7. The highest BCUT2D eigenvalue weighted by Gasteiger charge is 2.13. The van der Waals surface area contributed by atoms with E-state index in [1.54, 1.807) is 12.4 Å². The van der Waals surface area contributed by atoms with Gasteiger partial charge in [-0.1, -0.05) is 46.3 Å². The first kappa shape index (κ1) is 12.3. The molecule has 0 amide bonds. The lowest BCUT2D eigenvalue weighted by Gasteiger charge is -2.14. The van der Waals surface area contributed by atoms with E-state index in [0.717, 1.165) is 26.4 Å². The Balaban J connectivity index is 2.11. The third-order valence-corrected chi connectivity index (χ3v) is 3.73. The summed E-state index contributed by atoms with van der Waals surface area (Å²) < 4.78 is 1.00. The van der Waals surface area contributed by atoms with Crippen molar-refractivity contribution < 1.29 is 5.11 Å². The highest BCUT2D eigenvalue weighted by Crippen LogP contribution is 2.28. The van der Waals surface area contributed by atoms with Crippen LogP contribution in [0.1, 0.15) is 17.2 Å². The highest BCUT2D eigenvalue weighted by atomic mass is 79.9. The van der Waals surface area contributed by atoms with Gasteiger partial charge in [-0.2, -0.15) is 0 Å². The SMILES string of the molecule is OC(c1ccc(Br)cc1)c1cccc2ccncc12. The van der Waals surface area contributed by atoms with Crippen molar-refractivity contribution in [2.75, 3.05) is 0 Å². The Morgan fingerprint density at radius 1 is 1.00 bits per heavy atom. The second kappa shape index (κ2) is 5.11. The van der Waals surface area contributed by atoms with Crippen molar-refractivity contribution in [2.45, 2.75) is 6.10 Å². The summed E-state index contributed by atoms with van der Waals surface area (Å²) in [5.41, 5.74) is 1.76. The van der Waals surface area contributed by atoms with Crippen molar-refractivity contribution in [3.05, 3.63) is 76.5 Å². The van der Waals surface area contributed by atoms with Gasteiger partial charge in [-0.25, -0.2) is 0 Å². The van der Waals surface area contributed by atoms with Gasteiger partial charge < -0.3 is 5.11 Å². The third kappa shape index (κ3) is 2.39. The molecule has 1 heterocycles. The fourth-order valence-electron chi connectivity index (χ4n) is 2.20. The van der Waals surface area contributed by atoms with Crippen LogP contribution in [0.2, 0.25) is 0 Å². The van der Waals surface area contributed by atoms with Gasteiger partial charge in [-0.15, -0.1) is 0 Å². The van der Waals surface area contributed by atoms with E-state index in [1.165, 1.54) is 0 Å². The minimum absolute atomic E-state index is 0.638. The second-order valence-corrected chi connectivity index (χ2v) is 5.31. The smallest absolute Gasteiger partial charge is 0.105 e. The summed E-state index contributed by atoms with van der Waals surface area (Å²) in [5, 5.41) is 12.6. The molecule has 0 spiro atoms. The van der Waals surface area contributed by atoms with E-state index in [9.17, 15) is 5.11 Å². The number of halogens is 1. The molecule has 1 atom stereocenters. The molecule has 0 aliphatic rings. The van der Waals surface area contributed by atoms with Crippen LogP contribution in [0, 0.1) is 0 Å². The lowest BCUT2D eigenvalue weighted by atomic mass is 9.97. The summed E-state index contributed by atoms with van der Waals surface area (Å²) >= 11 is 3.40. The van der Waals surface area contributed by atoms with Crippen molar-refractivity contribution in [1.29, 1.82) is 0 Å². The van der Waals surface area contributed by atoms with Gasteiger partial charge in [0.15, 0.2) is 0 Å². The van der Waals surface area contributed by atoms with Gasteiger partial charge in [0.2, 0.25) is 0 Å². The van der Waals surface area contributed by atoms with Crippen LogP contribution in [-0.4, -0.2) is 10.1 Å². The van der Waals surface area contributed by atoms with Gasteiger partial charge in [0.25, 0.3) is 0 Å². The van der Waals surface area contributed by atoms with E-state index < -0.39 is 6.10 Å². The van der Waals surface area contributed by atoms with E-state index in [0.29, 0.717) is 0 Å². The molecular weight excluding hydrogens is 302 g/mol. The maximum atomic E-state index is 10.5. The Kier molecular flexibility index (Phi) is 3.32. The lowest BCUT2D eigenvalue weighted by molar-refractivity contribution is 0.222. The molecule has 3 rings (SSSR count). The van der Waals surface area contributed by atoms with Crippen LogP contribution < -0.4 is 0 Å². The molecule has 0 saturated carbocycles. The zero-order chi connectivity index (χ0) is 13.2. The van der Waals surface area contributed by atoms with Crippen molar-refractivity contribution in [2.24, 2.45) is 0 Å². The first-order valence-corrected chi connectivity index (χ1v) is 6.81. The minimum atomic E-state index is -0.638. The van der Waals surface area contributed by atoms with Gasteiger partial charge >= 0.3 is 0 Å². The number of aliphatic hydroxyl groups excluding tert-OH is 1. The maximum absolute atomic E-state index is 10.5. The Morgan fingerprint density at radius 2 is 1.79 bits per heavy atom. The summed E-state index contributed by atoms with van der Waals surface area (Å²) in [5.74, 6) is 0. The van der Waals surface area contributed by atoms with Gasteiger partial charge in [-0.05, 0) is 34.7 Å². The first-order valence-electron chi connectivity index (χ1n) is 6.02. The molecule has 0 aliphatic heterocycles. The summed E-state index contributed by atoms with van der Waals surface area (Å²) in [6.45, 7) is 0. The number of aliphatic hydroxyl groups is 1. The van der Waals surface area contributed by atoms with E-state index in [2.05, 4.69) is 20.9 Å². The normalized spacial score (nSPS) is 12.5. The molecule has 0 bridgehead atoms. The molecule has 1 N–H and O–H groups in total. The number of aromatic nitrogens is 1. The lowest BCUT2D eigenvalue weighted by Crippen LogP contribution is -2.00. The predicted octanol–water partition coefficient (Wildman–Crippen LogP) is 4.08. The summed E-state index contributed by atoms with van der Waals surface area (Å²) in [6, 6.07) is 15.6. The Bertz CT molecular complexity index is 704. The summed E-state index contributed by atoms with van der Waals surface area (Å²) in [6.07, 6.45) is 2.92. The fourth-order valence-corrected chi connectivity index (χ4v) is 2.46. The molecule has 3 aromatic rings. The van der Waals surface area contributed by atoms with E-state index >= 15 is 0 Å². The molecular formula is C16H12BrNO. The number of hydrogen-bond acceptors (Lipinski definition) is 2. The first-order chi connectivity index (χ1) is 9.25. The van der Waals surface area contributed by atoms with Crippen LogP contribution in [-0.2, 0) is 0 Å². The topological polar surface area (TPSA) is 33.1 Å². The fraction of sp³-hybridized carbons (Fsp3) is 0.0625. The number of fused-ring (bicyclic) bond motifs is 1. The summed E-state index contributed by atoms with van der Waals surface area (Å²) in [7, 11) is 0. The average Bonchev–Trinajstić information content (AvgIpc) is 2.47. The molecule has 0 aliphatic carbocycles. The Morgan fingerprint density at radius 3 is 2.58 bits per heavy atom. The predicted molar refractivity (Wildman–Crippen MR) is 79.9 cm³/mol. The van der Waals surface area contributed by atoms with Gasteiger partial charge in [0.05, 0.1) is 0 Å². The average molecular weight is 314 g/mol. The number of hydrogen-bond donors (Lipinski definition) is 1. The largest absolute Gasteiger partial charge is 0.384 e. The molecule has 2 aromatic carbocycles. The molecule has 1 aromatic heterocycles. The van der Waals surface area contributed by atoms with E-state index in [1.807, 2.05) is 48.5 Å². The number of benzene rings is 2. The van der Waals surface area contributed by atoms with Crippen molar-refractivity contribution in [3.63, 3.8) is 0 Å².